The van der Waals surface area contributed by atoms with Gasteiger partial charge in [-0.25, -0.2) is 9.13 Å². The van der Waals surface area contributed by atoms with Crippen molar-refractivity contribution in [2.45, 2.75) is 438 Å². The highest BCUT2D eigenvalue weighted by molar-refractivity contribution is 7.47. The number of hydrogen-bond donors (Lipinski definition) is 3. The first-order valence-electron chi connectivity index (χ1n) is 40.8. The van der Waals surface area contributed by atoms with Crippen molar-refractivity contribution < 1.29 is 80.2 Å². The minimum Gasteiger partial charge on any atom is -0.462 e. The van der Waals surface area contributed by atoms with Gasteiger partial charge in [0.2, 0.25) is 0 Å². The lowest BCUT2D eigenvalue weighted by atomic mass is 10.0. The van der Waals surface area contributed by atoms with Crippen molar-refractivity contribution in [3.05, 3.63) is 0 Å². The van der Waals surface area contributed by atoms with E-state index < -0.39 is 97.5 Å². The summed E-state index contributed by atoms with van der Waals surface area (Å²) in [6.45, 7) is 4.99. The van der Waals surface area contributed by atoms with E-state index in [4.69, 9.17) is 37.0 Å². The van der Waals surface area contributed by atoms with E-state index >= 15 is 0 Å². The molecule has 0 aliphatic carbocycles. The predicted molar refractivity (Wildman–Crippen MR) is 395 cm³/mol. The fourth-order valence-corrected chi connectivity index (χ4v) is 13.7. The summed E-state index contributed by atoms with van der Waals surface area (Å²) < 4.78 is 68.5. The highest BCUT2D eigenvalue weighted by Gasteiger charge is 2.30. The molecule has 0 saturated heterocycles. The van der Waals surface area contributed by atoms with Crippen LogP contribution >= 0.6 is 15.6 Å². The molecule has 0 aromatic rings. The molecule has 0 aliphatic heterocycles. The first kappa shape index (κ1) is 95.1. The van der Waals surface area contributed by atoms with Gasteiger partial charge in [-0.1, -0.05) is 368 Å². The van der Waals surface area contributed by atoms with Gasteiger partial charge in [0, 0.05) is 25.7 Å². The van der Waals surface area contributed by atoms with Gasteiger partial charge in [0.05, 0.1) is 26.4 Å². The van der Waals surface area contributed by atoms with E-state index in [0.29, 0.717) is 25.7 Å². The molecule has 0 saturated carbocycles. The molecule has 17 nitrogen and oxygen atoms in total. The van der Waals surface area contributed by atoms with Crippen molar-refractivity contribution in [3.8, 4) is 0 Å². The number of phosphoric acid groups is 2. The Bertz CT molecular complexity index is 1840. The number of esters is 4. The summed E-state index contributed by atoms with van der Waals surface area (Å²) in [5.74, 6) is -2.11. The topological polar surface area (TPSA) is 237 Å². The fourth-order valence-electron chi connectivity index (χ4n) is 12.1. The first-order valence-corrected chi connectivity index (χ1v) is 43.8. The molecule has 0 rings (SSSR count). The van der Waals surface area contributed by atoms with Crippen LogP contribution in [0.15, 0.2) is 0 Å². The molecule has 19 heteroatoms. The normalized spacial score (nSPS) is 13.8. The van der Waals surface area contributed by atoms with E-state index in [2.05, 4.69) is 27.7 Å². The van der Waals surface area contributed by atoms with Crippen LogP contribution in [0.4, 0.5) is 0 Å². The summed E-state index contributed by atoms with van der Waals surface area (Å²) in [6, 6.07) is 0. The Hall–Kier alpha value is -1.94. The number of unbranched alkanes of at least 4 members (excludes halogenated alkanes) is 53. The zero-order valence-corrected chi connectivity index (χ0v) is 64.8. The van der Waals surface area contributed by atoms with Gasteiger partial charge in [0.15, 0.2) is 12.2 Å². The number of phosphoric ester groups is 2. The molecule has 576 valence electrons. The monoisotopic (exact) mass is 1420 g/mol. The minimum atomic E-state index is -4.96. The predicted octanol–water partition coefficient (Wildman–Crippen LogP) is 23.4. The van der Waals surface area contributed by atoms with E-state index in [1.165, 1.54) is 250 Å². The molecule has 0 aromatic heterocycles. The molecule has 97 heavy (non-hydrogen) atoms. The maximum atomic E-state index is 13.1. The number of aliphatic hydroxyl groups excluding tert-OH is 1. The van der Waals surface area contributed by atoms with Crippen LogP contribution in [0.3, 0.4) is 0 Å². The third-order valence-electron chi connectivity index (χ3n) is 18.4. The average Bonchev–Trinajstić information content (AvgIpc) is 1.51. The van der Waals surface area contributed by atoms with Crippen LogP contribution in [0.2, 0.25) is 0 Å². The molecular weight excluding hydrogens is 1270 g/mol. The molecule has 0 aromatic carbocycles. The first-order chi connectivity index (χ1) is 47.2. The summed E-state index contributed by atoms with van der Waals surface area (Å²) >= 11 is 0. The van der Waals surface area contributed by atoms with Gasteiger partial charge in [-0.15, -0.1) is 0 Å². The van der Waals surface area contributed by atoms with E-state index in [-0.39, 0.29) is 25.7 Å². The third kappa shape index (κ3) is 72.2. The fraction of sp³-hybridized carbons (Fsp3) is 0.949. The van der Waals surface area contributed by atoms with Crippen LogP contribution in [0.5, 0.6) is 0 Å². The summed E-state index contributed by atoms with van der Waals surface area (Å²) in [5, 5.41) is 10.6. The maximum absolute atomic E-state index is 13.1. The van der Waals surface area contributed by atoms with E-state index in [9.17, 15) is 43.2 Å². The average molecular weight is 1420 g/mol. The van der Waals surface area contributed by atoms with Gasteiger partial charge in [0.25, 0.3) is 0 Å². The lowest BCUT2D eigenvalue weighted by molar-refractivity contribution is -0.161. The number of carbonyl (C=O) groups is 4. The van der Waals surface area contributed by atoms with Gasteiger partial charge in [-0.3, -0.25) is 37.3 Å². The van der Waals surface area contributed by atoms with E-state index in [0.717, 1.165) is 89.9 Å². The highest BCUT2D eigenvalue weighted by atomic mass is 31.2. The Morgan fingerprint density at radius 1 is 0.247 bits per heavy atom. The van der Waals surface area contributed by atoms with Gasteiger partial charge < -0.3 is 33.8 Å². The Balaban J connectivity index is 5.17. The van der Waals surface area contributed by atoms with Crippen molar-refractivity contribution in [1.82, 2.24) is 0 Å². The SMILES string of the molecule is CCCCCCCCCCCCCCCCCCCCCCCCC(=O)O[C@H](COC(=O)CCCCCCCCCCCCCCC)COP(=O)(O)OC[C@@H](O)COP(=O)(O)OC[C@@H](COC(=O)CCCCCCCCCCC)OC(=O)CCCCCCCCCCCCCCC. The van der Waals surface area contributed by atoms with Crippen LogP contribution in [-0.2, 0) is 65.4 Å². The van der Waals surface area contributed by atoms with Crippen molar-refractivity contribution in [3.63, 3.8) is 0 Å². The molecule has 3 N–H and O–H groups in total. The van der Waals surface area contributed by atoms with Crippen LogP contribution in [-0.4, -0.2) is 96.7 Å². The van der Waals surface area contributed by atoms with Gasteiger partial charge >= 0.3 is 39.5 Å². The van der Waals surface area contributed by atoms with E-state index in [1.807, 2.05) is 0 Å². The van der Waals surface area contributed by atoms with Gasteiger partial charge in [-0.05, 0) is 25.7 Å². The second kappa shape index (κ2) is 72.4. The van der Waals surface area contributed by atoms with E-state index in [1.54, 1.807) is 0 Å². The summed E-state index contributed by atoms with van der Waals surface area (Å²) in [4.78, 5) is 72.8. The number of aliphatic hydroxyl groups is 1. The smallest absolute Gasteiger partial charge is 0.462 e. The van der Waals surface area contributed by atoms with Crippen LogP contribution in [0, 0.1) is 0 Å². The summed E-state index contributed by atoms with van der Waals surface area (Å²) in [6.07, 6.45) is 63.9. The Morgan fingerprint density at radius 2 is 0.412 bits per heavy atom. The molecule has 5 atom stereocenters. The molecule has 0 fully saturated rings. The second-order valence-electron chi connectivity index (χ2n) is 28.1. The molecule has 0 amide bonds. The standard InChI is InChI=1S/C78H152O17P2/c1-5-9-13-17-21-25-28-31-32-33-34-35-36-37-38-39-42-45-49-53-57-61-65-78(83)95-74(69-89-76(81)63-59-55-51-47-43-40-29-26-22-18-14-10-6-2)71-93-97(86,87)91-67-72(79)66-90-96(84,85)92-70-73(68-88-75(80)62-58-54-50-46-24-20-16-12-8-4)94-77(82)64-60-56-52-48-44-41-30-27-23-19-15-11-7-3/h72-74,79H,5-71H2,1-4H3,(H,84,85)(H,86,87)/t72-,73+,74+/m0/s1. The Kier molecular flexibility index (Phi) is 71.0. The second-order valence-corrected chi connectivity index (χ2v) is 31.0. The maximum Gasteiger partial charge on any atom is 0.472 e. The molecule has 2 unspecified atom stereocenters. The zero-order valence-electron chi connectivity index (χ0n) is 63.1. The van der Waals surface area contributed by atoms with Crippen LogP contribution in [0.1, 0.15) is 419 Å². The van der Waals surface area contributed by atoms with Crippen molar-refractivity contribution in [1.29, 1.82) is 0 Å². The molecule has 0 bridgehead atoms. The van der Waals surface area contributed by atoms with Gasteiger partial charge in [-0.2, -0.15) is 0 Å². The Labute approximate surface area is 594 Å². The highest BCUT2D eigenvalue weighted by Crippen LogP contribution is 2.45. The molecule has 0 aliphatic rings. The molecule has 0 heterocycles. The number of ether oxygens (including phenoxy) is 4. The lowest BCUT2D eigenvalue weighted by Gasteiger charge is -2.21. The lowest BCUT2D eigenvalue weighted by Crippen LogP contribution is -2.30. The Morgan fingerprint density at radius 3 is 0.608 bits per heavy atom. The zero-order chi connectivity index (χ0) is 71.1. The summed E-state index contributed by atoms with van der Waals surface area (Å²) in [5.41, 5.74) is 0. The summed E-state index contributed by atoms with van der Waals surface area (Å²) in [7, 11) is -9.91. The van der Waals surface area contributed by atoms with Crippen LogP contribution in [0.25, 0.3) is 0 Å². The van der Waals surface area contributed by atoms with Crippen molar-refractivity contribution in [2.75, 3.05) is 39.6 Å². The molecule has 0 radical (unpaired) electrons. The van der Waals surface area contributed by atoms with Crippen molar-refractivity contribution in [2.24, 2.45) is 0 Å². The van der Waals surface area contributed by atoms with Gasteiger partial charge in [0.1, 0.15) is 19.3 Å². The number of rotatable bonds is 79. The number of carbonyl (C=O) groups excluding carboxylic acids is 4. The van der Waals surface area contributed by atoms with Crippen molar-refractivity contribution >= 4 is 39.5 Å². The third-order valence-corrected chi connectivity index (χ3v) is 20.3. The number of hydrogen-bond acceptors (Lipinski definition) is 15. The quantitative estimate of drug-likeness (QED) is 0.0222. The van der Waals surface area contributed by atoms with Crippen LogP contribution < -0.4 is 0 Å². The largest absolute Gasteiger partial charge is 0.472 e. The minimum absolute atomic E-state index is 0.108. The molecule has 0 spiro atoms. The molecular formula is C78H152O17P2.